The van der Waals surface area contributed by atoms with E-state index < -0.39 is 0 Å². The van der Waals surface area contributed by atoms with E-state index in [-0.39, 0.29) is 16.2 Å². The van der Waals surface area contributed by atoms with Crippen molar-refractivity contribution in [2.24, 2.45) is 0 Å². The van der Waals surface area contributed by atoms with Gasteiger partial charge in [-0.25, -0.2) is 4.98 Å². The maximum absolute atomic E-state index is 7.03. The second-order valence-electron chi connectivity index (χ2n) is 21.0. The zero-order chi connectivity index (χ0) is 48.9. The Kier molecular flexibility index (Phi) is 11.5. The minimum atomic E-state index is -0.268. The van der Waals surface area contributed by atoms with Crippen LogP contribution in [0.4, 0.5) is 11.4 Å². The van der Waals surface area contributed by atoms with Gasteiger partial charge in [0.15, 0.2) is 0 Å². The first-order chi connectivity index (χ1) is 34.3. The summed E-state index contributed by atoms with van der Waals surface area (Å²) in [7, 11) is 0. The maximum atomic E-state index is 7.03. The first-order valence-electron chi connectivity index (χ1n) is 24.8. The minimum Gasteiger partial charge on any atom is -0.457 e. The van der Waals surface area contributed by atoms with Crippen LogP contribution >= 0.6 is 0 Å². The average Bonchev–Trinajstić information content (AvgIpc) is 4.00. The largest absolute Gasteiger partial charge is 0.457 e. The zero-order valence-electron chi connectivity index (χ0n) is 41.8. The molecule has 0 fully saturated rings. The van der Waals surface area contributed by atoms with Gasteiger partial charge >= 0.3 is 0 Å². The molecular formula is C66H60N4O. The van der Waals surface area contributed by atoms with Crippen molar-refractivity contribution in [2.45, 2.75) is 64.7 Å². The number of nitrogens with zero attached hydrogens (tertiary/aromatic N) is 4. The molecule has 11 rings (SSSR count). The van der Waals surface area contributed by atoms with E-state index in [1.165, 1.54) is 33.2 Å². The van der Waals surface area contributed by atoms with Gasteiger partial charge in [0.05, 0.1) is 23.4 Å². The summed E-state index contributed by atoms with van der Waals surface area (Å²) in [5.41, 5.74) is 14.5. The molecule has 3 heterocycles. The quantitative estimate of drug-likeness (QED) is 0.129. The average molecular weight is 925 g/mol. The number of aromatic nitrogens is 2. The molecule has 0 aliphatic carbocycles. The van der Waals surface area contributed by atoms with Crippen molar-refractivity contribution in [3.05, 3.63) is 258 Å². The van der Waals surface area contributed by atoms with E-state index in [0.717, 1.165) is 67.5 Å². The molecule has 5 heteroatoms. The molecule has 1 aliphatic rings. The van der Waals surface area contributed by atoms with Crippen molar-refractivity contribution in [1.82, 2.24) is 9.55 Å². The summed E-state index contributed by atoms with van der Waals surface area (Å²) in [6.07, 6.45) is 4.24. The van der Waals surface area contributed by atoms with Crippen molar-refractivity contribution in [1.29, 1.82) is 0 Å². The van der Waals surface area contributed by atoms with Crippen LogP contribution in [0, 0.1) is 0 Å². The number of pyridine rings is 1. The van der Waals surface area contributed by atoms with E-state index in [4.69, 9.17) is 9.72 Å². The summed E-state index contributed by atoms with van der Waals surface area (Å²) in [5.74, 6) is 2.39. The third-order valence-electron chi connectivity index (χ3n) is 14.6. The molecule has 0 saturated heterocycles. The normalized spacial score (nSPS) is 13.3. The Hall–Kier alpha value is -8.15. The van der Waals surface area contributed by atoms with E-state index >= 15 is 0 Å². The van der Waals surface area contributed by atoms with Gasteiger partial charge < -0.3 is 14.5 Å². The Morgan fingerprint density at radius 3 is 1.63 bits per heavy atom. The van der Waals surface area contributed by atoms with Gasteiger partial charge in [0.1, 0.15) is 17.3 Å². The van der Waals surface area contributed by atoms with Crippen molar-refractivity contribution in [3.8, 4) is 28.4 Å². The Bertz CT molecular complexity index is 3500. The fourth-order valence-electron chi connectivity index (χ4n) is 10.2. The van der Waals surface area contributed by atoms with Crippen molar-refractivity contribution in [2.75, 3.05) is 16.5 Å². The number of para-hydroxylation sites is 1. The Morgan fingerprint density at radius 2 is 1.00 bits per heavy atom. The number of rotatable bonds is 11. The highest BCUT2D eigenvalue weighted by molar-refractivity contribution is 6.09. The summed E-state index contributed by atoms with van der Waals surface area (Å²) >= 11 is 0. The number of ether oxygens (including phenoxy) is 1. The van der Waals surface area contributed by atoms with Gasteiger partial charge in [-0.3, -0.25) is 4.57 Å². The lowest BCUT2D eigenvalue weighted by atomic mass is 9.73. The number of anilines is 2. The molecule has 0 radical (unpaired) electrons. The molecule has 0 spiro atoms. The number of fused-ring (bicyclic) bond motifs is 3. The molecule has 350 valence electrons. The zero-order valence-corrected chi connectivity index (χ0v) is 41.8. The van der Waals surface area contributed by atoms with Crippen LogP contribution in [0.15, 0.2) is 225 Å². The van der Waals surface area contributed by atoms with E-state index in [0.29, 0.717) is 6.67 Å². The van der Waals surface area contributed by atoms with Gasteiger partial charge in [-0.05, 0) is 105 Å². The molecule has 2 aromatic heterocycles. The molecule has 0 saturated carbocycles. The maximum Gasteiger partial charge on any atom is 0.137 e. The Labute approximate surface area is 419 Å². The van der Waals surface area contributed by atoms with E-state index in [9.17, 15) is 0 Å². The van der Waals surface area contributed by atoms with Crippen LogP contribution in [0.1, 0.15) is 81.8 Å². The second-order valence-corrected chi connectivity index (χ2v) is 21.0. The lowest BCUT2D eigenvalue weighted by Crippen LogP contribution is -2.28. The smallest absolute Gasteiger partial charge is 0.137 e. The molecule has 10 aromatic rings. The van der Waals surface area contributed by atoms with Gasteiger partial charge in [0.25, 0.3) is 0 Å². The summed E-state index contributed by atoms with van der Waals surface area (Å²) in [6, 6.07) is 76.5. The minimum absolute atomic E-state index is 0.0266. The molecule has 5 nitrogen and oxygen atoms in total. The molecule has 0 unspecified atom stereocenters. The predicted molar refractivity (Wildman–Crippen MR) is 297 cm³/mol. The number of hydrogen-bond acceptors (Lipinski definition) is 4. The summed E-state index contributed by atoms with van der Waals surface area (Å²) < 4.78 is 9.31. The van der Waals surface area contributed by atoms with Gasteiger partial charge in [-0.2, -0.15) is 0 Å². The fourth-order valence-corrected chi connectivity index (χ4v) is 10.2. The molecule has 1 aliphatic heterocycles. The third kappa shape index (κ3) is 8.67. The molecule has 0 atom stereocenters. The van der Waals surface area contributed by atoms with Crippen LogP contribution in [0.2, 0.25) is 0 Å². The van der Waals surface area contributed by atoms with Gasteiger partial charge in [0.2, 0.25) is 0 Å². The summed E-state index contributed by atoms with van der Waals surface area (Å²) in [6.45, 7) is 16.7. The Balaban J connectivity index is 1.03. The van der Waals surface area contributed by atoms with Crippen molar-refractivity contribution in [3.63, 3.8) is 0 Å². The Morgan fingerprint density at radius 1 is 0.423 bits per heavy atom. The standard InChI is InChI=1S/C66H60N4O/c1-64(2,3)51-34-35-67-63(41-51)70-60-31-21-20-30-58(60)59-33-32-56(43-61(59)70)71-57-37-48(46-22-12-8-13-23-46)36-54(42-57)68-44-62(47-24-14-9-15-25-47)69(45-68)55-39-52(65(4,5)49-26-16-10-17-27-49)38-53(40-55)66(6,7)50-28-18-11-19-29-50/h8-44H,45H2,1-7H3. The lowest BCUT2D eigenvalue weighted by Gasteiger charge is -2.34. The van der Waals surface area contributed by atoms with Crippen LogP contribution in [0.25, 0.3) is 44.4 Å². The van der Waals surface area contributed by atoms with Crippen molar-refractivity contribution < 1.29 is 4.74 Å². The fraction of sp³-hybridized carbons (Fsp3) is 0.167. The predicted octanol–water partition coefficient (Wildman–Crippen LogP) is 16.9. The summed E-state index contributed by atoms with van der Waals surface area (Å²) in [5, 5.41) is 2.33. The highest BCUT2D eigenvalue weighted by atomic mass is 16.5. The van der Waals surface area contributed by atoms with E-state index in [1.54, 1.807) is 0 Å². The first kappa shape index (κ1) is 45.3. The monoisotopic (exact) mass is 924 g/mol. The lowest BCUT2D eigenvalue weighted by molar-refractivity contribution is 0.483. The molecular weight excluding hydrogens is 865 g/mol. The van der Waals surface area contributed by atoms with Gasteiger partial charge in [0, 0.05) is 57.5 Å². The highest BCUT2D eigenvalue weighted by Gasteiger charge is 2.32. The molecule has 71 heavy (non-hydrogen) atoms. The van der Waals surface area contributed by atoms with E-state index in [1.807, 2.05) is 6.20 Å². The SMILES string of the molecule is CC(C)(C)c1ccnc(-n2c3ccccc3c3ccc(Oc4cc(-c5ccccc5)cc(N5C=C(c6ccccc6)N(c6cc(C(C)(C)c7ccccc7)cc(C(C)(C)c7ccccc7)c6)C5)c4)cc32)c1. The molecule has 0 amide bonds. The van der Waals surface area contributed by atoms with E-state index in [2.05, 4.69) is 281 Å². The number of hydrogen-bond donors (Lipinski definition) is 0. The van der Waals surface area contributed by atoms with Crippen LogP contribution in [-0.4, -0.2) is 16.2 Å². The van der Waals surface area contributed by atoms with Crippen LogP contribution in [0.5, 0.6) is 11.5 Å². The summed E-state index contributed by atoms with van der Waals surface area (Å²) in [4.78, 5) is 9.78. The molecule has 0 N–H and O–H groups in total. The molecule has 8 aromatic carbocycles. The molecule has 0 bridgehead atoms. The van der Waals surface area contributed by atoms with Crippen molar-refractivity contribution >= 4 is 38.9 Å². The highest BCUT2D eigenvalue weighted by Crippen LogP contribution is 2.44. The van der Waals surface area contributed by atoms with Gasteiger partial charge in [-0.15, -0.1) is 0 Å². The van der Waals surface area contributed by atoms with Crippen LogP contribution < -0.4 is 14.5 Å². The number of benzene rings is 8. The van der Waals surface area contributed by atoms with Gasteiger partial charge in [-0.1, -0.05) is 194 Å². The second kappa shape index (κ2) is 18.0. The van der Waals surface area contributed by atoms with Crippen LogP contribution in [-0.2, 0) is 16.2 Å². The first-order valence-corrected chi connectivity index (χ1v) is 24.8. The van der Waals surface area contributed by atoms with Crippen LogP contribution in [0.3, 0.4) is 0 Å². The third-order valence-corrected chi connectivity index (χ3v) is 14.6. The topological polar surface area (TPSA) is 33.5 Å².